The lowest BCUT2D eigenvalue weighted by molar-refractivity contribution is -0.281. The van der Waals surface area contributed by atoms with Crippen molar-refractivity contribution < 1.29 is 26.3 Å². The molecule has 0 saturated carbocycles. The Balaban J connectivity index is 2.81. The van der Waals surface area contributed by atoms with Gasteiger partial charge in [-0.3, -0.25) is 0 Å². The number of nitriles is 1. The number of hydrogen-bond donors (Lipinski definition) is 1. The molecule has 0 radical (unpaired) electrons. The molecule has 24 heavy (non-hydrogen) atoms. The lowest BCUT2D eigenvalue weighted by Gasteiger charge is -2.37. The predicted molar refractivity (Wildman–Crippen MR) is 74.3 cm³/mol. The Bertz CT molecular complexity index is 756. The van der Waals surface area contributed by atoms with E-state index >= 15 is 0 Å². The molecule has 0 bridgehead atoms. The van der Waals surface area contributed by atoms with Gasteiger partial charge in [-0.2, -0.15) is 31.6 Å². The topological polar surface area (TPSA) is 48.2 Å². The Hall–Kier alpha value is -2.21. The van der Waals surface area contributed by atoms with Gasteiger partial charge >= 0.3 is 12.4 Å². The van der Waals surface area contributed by atoms with Crippen molar-refractivity contribution in [2.24, 2.45) is 4.99 Å². The largest absolute Gasteiger partial charge is 0.427 e. The minimum absolute atomic E-state index is 0.0725. The lowest BCUT2D eigenvalue weighted by atomic mass is 9.86. The SMILES string of the molecule is CC1=C(C#N)C(C(F)(F)F)(C(F)(F)F)N=C(c2cccc(Cl)c2)N1. The maximum Gasteiger partial charge on any atom is 0.427 e. The average molecular weight is 368 g/mol. The van der Waals surface area contributed by atoms with Gasteiger partial charge < -0.3 is 5.32 Å². The van der Waals surface area contributed by atoms with Crippen molar-refractivity contribution in [3.8, 4) is 6.07 Å². The van der Waals surface area contributed by atoms with Gasteiger partial charge in [0, 0.05) is 16.3 Å². The van der Waals surface area contributed by atoms with Crippen LogP contribution in [0.4, 0.5) is 26.3 Å². The zero-order valence-electron chi connectivity index (χ0n) is 11.8. The standard InChI is InChI=1S/C14H8ClF6N3/c1-7-10(6-22)12(13(16,17)18,14(19,20)21)24-11(23-7)8-3-2-4-9(15)5-8/h2-5H,1H3,(H,23,24). The van der Waals surface area contributed by atoms with E-state index in [1.54, 1.807) is 0 Å². The van der Waals surface area contributed by atoms with E-state index in [0.717, 1.165) is 19.1 Å². The molecular weight excluding hydrogens is 360 g/mol. The van der Waals surface area contributed by atoms with Crippen LogP contribution in [0.2, 0.25) is 5.02 Å². The number of allylic oxidation sites excluding steroid dienone is 1. The number of nitrogens with zero attached hydrogens (tertiary/aromatic N) is 2. The van der Waals surface area contributed by atoms with Crippen LogP contribution in [0, 0.1) is 11.3 Å². The van der Waals surface area contributed by atoms with Crippen LogP contribution >= 0.6 is 11.6 Å². The molecule has 1 N–H and O–H groups in total. The van der Waals surface area contributed by atoms with E-state index in [4.69, 9.17) is 16.9 Å². The van der Waals surface area contributed by atoms with E-state index in [-0.39, 0.29) is 10.6 Å². The molecule has 1 aromatic rings. The molecule has 0 aromatic heterocycles. The zero-order chi connectivity index (χ0) is 18.3. The van der Waals surface area contributed by atoms with Crippen LogP contribution in [0.25, 0.3) is 0 Å². The van der Waals surface area contributed by atoms with Crippen LogP contribution in [-0.2, 0) is 0 Å². The van der Waals surface area contributed by atoms with E-state index in [2.05, 4.69) is 10.3 Å². The Morgan fingerprint density at radius 1 is 1.17 bits per heavy atom. The molecule has 10 heteroatoms. The highest BCUT2D eigenvalue weighted by atomic mass is 35.5. The molecule has 3 nitrogen and oxygen atoms in total. The summed E-state index contributed by atoms with van der Waals surface area (Å²) in [7, 11) is 0. The molecule has 0 saturated heterocycles. The summed E-state index contributed by atoms with van der Waals surface area (Å²) in [5.74, 6) is -0.677. The molecule has 1 aromatic carbocycles. The van der Waals surface area contributed by atoms with Crippen molar-refractivity contribution in [2.75, 3.05) is 0 Å². The summed E-state index contributed by atoms with van der Waals surface area (Å²) in [5.41, 5.74) is -6.84. The summed E-state index contributed by atoms with van der Waals surface area (Å²) in [6.45, 7) is 0.948. The van der Waals surface area contributed by atoms with Gasteiger partial charge in [-0.25, -0.2) is 4.99 Å². The van der Waals surface area contributed by atoms with Crippen LogP contribution in [0.5, 0.6) is 0 Å². The van der Waals surface area contributed by atoms with Crippen LogP contribution in [0.3, 0.4) is 0 Å². The van der Waals surface area contributed by atoms with Gasteiger partial charge in [-0.15, -0.1) is 0 Å². The van der Waals surface area contributed by atoms with Gasteiger partial charge in [-0.1, -0.05) is 23.7 Å². The quantitative estimate of drug-likeness (QED) is 0.750. The second-order valence-corrected chi connectivity index (χ2v) is 5.35. The fourth-order valence-corrected chi connectivity index (χ4v) is 2.46. The number of nitrogens with one attached hydrogen (secondary N) is 1. The van der Waals surface area contributed by atoms with Crippen molar-refractivity contribution in [1.29, 1.82) is 5.26 Å². The second kappa shape index (κ2) is 5.70. The summed E-state index contributed by atoms with van der Waals surface area (Å²) in [6.07, 6.45) is -11.7. The van der Waals surface area contributed by atoms with E-state index in [0.29, 0.717) is 0 Å². The molecule has 1 aliphatic rings. The van der Waals surface area contributed by atoms with Crippen LogP contribution in [-0.4, -0.2) is 23.7 Å². The highest BCUT2D eigenvalue weighted by Crippen LogP contribution is 2.52. The van der Waals surface area contributed by atoms with Crippen molar-refractivity contribution in [3.05, 3.63) is 46.1 Å². The first-order valence-corrected chi connectivity index (χ1v) is 6.69. The fourth-order valence-electron chi connectivity index (χ4n) is 2.27. The summed E-state index contributed by atoms with van der Waals surface area (Å²) < 4.78 is 80.4. The first kappa shape index (κ1) is 18.1. The van der Waals surface area contributed by atoms with E-state index in [9.17, 15) is 26.3 Å². The Morgan fingerprint density at radius 2 is 1.75 bits per heavy atom. The van der Waals surface area contributed by atoms with E-state index in [1.165, 1.54) is 18.2 Å². The number of benzene rings is 1. The molecule has 128 valence electrons. The van der Waals surface area contributed by atoms with Gasteiger partial charge in [-0.05, 0) is 19.1 Å². The molecule has 1 heterocycles. The lowest BCUT2D eigenvalue weighted by Crippen LogP contribution is -2.60. The third-order valence-corrected chi connectivity index (χ3v) is 3.59. The van der Waals surface area contributed by atoms with Crippen LogP contribution in [0.1, 0.15) is 12.5 Å². The van der Waals surface area contributed by atoms with E-state index < -0.39 is 35.0 Å². The van der Waals surface area contributed by atoms with Gasteiger partial charge in [0.2, 0.25) is 0 Å². The summed E-state index contributed by atoms with van der Waals surface area (Å²) >= 11 is 5.72. The second-order valence-electron chi connectivity index (χ2n) is 4.91. The number of rotatable bonds is 1. The Morgan fingerprint density at radius 3 is 2.21 bits per heavy atom. The number of alkyl halides is 6. The van der Waals surface area contributed by atoms with Crippen LogP contribution < -0.4 is 5.32 Å². The highest BCUT2D eigenvalue weighted by Gasteiger charge is 2.75. The first-order chi connectivity index (χ1) is 10.9. The molecule has 0 atom stereocenters. The summed E-state index contributed by atoms with van der Waals surface area (Å²) in [5, 5.41) is 11.3. The maximum absolute atomic E-state index is 13.4. The normalized spacial score (nSPS) is 17.9. The van der Waals surface area contributed by atoms with Crippen LogP contribution in [0.15, 0.2) is 40.5 Å². The van der Waals surface area contributed by atoms with Crippen molar-refractivity contribution in [3.63, 3.8) is 0 Å². The van der Waals surface area contributed by atoms with Crippen molar-refractivity contribution in [1.82, 2.24) is 5.32 Å². The highest BCUT2D eigenvalue weighted by molar-refractivity contribution is 6.31. The minimum atomic E-state index is -5.86. The predicted octanol–water partition coefficient (Wildman–Crippen LogP) is 4.35. The monoisotopic (exact) mass is 367 g/mol. The maximum atomic E-state index is 13.4. The molecular formula is C14H8ClF6N3. The number of halogens is 7. The molecule has 0 amide bonds. The molecule has 0 spiro atoms. The third kappa shape index (κ3) is 2.71. The summed E-state index contributed by atoms with van der Waals surface area (Å²) in [4.78, 5) is 2.89. The smallest absolute Gasteiger partial charge is 0.343 e. The number of aliphatic imine (C=N–C) groups is 1. The average Bonchev–Trinajstić information content (AvgIpc) is 2.43. The van der Waals surface area contributed by atoms with Gasteiger partial charge in [0.1, 0.15) is 5.84 Å². The third-order valence-electron chi connectivity index (χ3n) is 3.35. The molecule has 0 unspecified atom stereocenters. The molecule has 0 fully saturated rings. The Labute approximate surface area is 137 Å². The summed E-state index contributed by atoms with van der Waals surface area (Å²) in [6, 6.07) is 6.15. The molecule has 2 rings (SSSR count). The zero-order valence-corrected chi connectivity index (χ0v) is 12.6. The molecule has 0 aliphatic carbocycles. The van der Waals surface area contributed by atoms with E-state index in [1.807, 2.05) is 0 Å². The van der Waals surface area contributed by atoms with Crippen molar-refractivity contribution in [2.45, 2.75) is 24.8 Å². The van der Waals surface area contributed by atoms with Crippen molar-refractivity contribution >= 4 is 17.4 Å². The minimum Gasteiger partial charge on any atom is -0.343 e. The van der Waals surface area contributed by atoms with Gasteiger partial charge in [0.15, 0.2) is 0 Å². The fraction of sp³-hybridized carbons (Fsp3) is 0.286. The number of hydrogen-bond acceptors (Lipinski definition) is 3. The molecule has 1 aliphatic heterocycles. The Kier molecular flexibility index (Phi) is 4.31. The van der Waals surface area contributed by atoms with Gasteiger partial charge in [0.25, 0.3) is 5.54 Å². The number of amidine groups is 1. The first-order valence-electron chi connectivity index (χ1n) is 6.32. The van der Waals surface area contributed by atoms with Gasteiger partial charge in [0.05, 0.1) is 11.6 Å².